The lowest BCUT2D eigenvalue weighted by Gasteiger charge is -2.38. The molecular formula is C24H28FN3O2. The summed E-state index contributed by atoms with van der Waals surface area (Å²) in [6, 6.07) is 10.2. The third kappa shape index (κ3) is 4.09. The number of carbonyl (C=O) groups excluding carboxylic acids is 2. The van der Waals surface area contributed by atoms with E-state index in [1.165, 1.54) is 12.1 Å². The summed E-state index contributed by atoms with van der Waals surface area (Å²) in [5.41, 5.74) is 1.21. The van der Waals surface area contributed by atoms with Crippen LogP contribution >= 0.6 is 0 Å². The monoisotopic (exact) mass is 409 g/mol. The second-order valence-electron chi connectivity index (χ2n) is 8.57. The first-order valence-electron chi connectivity index (χ1n) is 10.8. The van der Waals surface area contributed by atoms with Crippen LogP contribution in [0.15, 0.2) is 42.6 Å². The lowest BCUT2D eigenvalue weighted by atomic mass is 9.77. The van der Waals surface area contributed by atoms with Crippen molar-refractivity contribution in [2.24, 2.45) is 5.92 Å². The molecule has 0 unspecified atom stereocenters. The Morgan fingerprint density at radius 2 is 1.87 bits per heavy atom. The van der Waals surface area contributed by atoms with Gasteiger partial charge in [-0.1, -0.05) is 25.0 Å². The summed E-state index contributed by atoms with van der Waals surface area (Å²) in [6.45, 7) is 3.06. The largest absolute Gasteiger partial charge is 0.342 e. The predicted octanol–water partition coefficient (Wildman–Crippen LogP) is 4.22. The van der Waals surface area contributed by atoms with Crippen LogP contribution in [0, 0.1) is 18.7 Å². The third-order valence-electron chi connectivity index (χ3n) is 6.56. The Kier molecular flexibility index (Phi) is 5.84. The van der Waals surface area contributed by atoms with Gasteiger partial charge in [-0.25, -0.2) is 9.37 Å². The van der Waals surface area contributed by atoms with Gasteiger partial charge in [-0.3, -0.25) is 9.59 Å². The molecule has 2 aromatic rings. The molecule has 0 bridgehead atoms. The second-order valence-corrected chi connectivity index (χ2v) is 8.57. The second kappa shape index (κ2) is 8.54. The number of hydrogen-bond donors (Lipinski definition) is 1. The molecule has 1 aromatic heterocycles. The van der Waals surface area contributed by atoms with Gasteiger partial charge < -0.3 is 10.2 Å². The molecule has 5 nitrogen and oxygen atoms in total. The summed E-state index contributed by atoms with van der Waals surface area (Å²) < 4.78 is 13.9. The Morgan fingerprint density at radius 1 is 1.13 bits per heavy atom. The molecule has 2 aliphatic rings. The average Bonchev–Trinajstić information content (AvgIpc) is 3.24. The van der Waals surface area contributed by atoms with Gasteiger partial charge in [0, 0.05) is 25.2 Å². The Labute approximate surface area is 176 Å². The maximum Gasteiger partial charge on any atom is 0.233 e. The van der Waals surface area contributed by atoms with E-state index < -0.39 is 5.41 Å². The van der Waals surface area contributed by atoms with Crippen LogP contribution < -0.4 is 5.32 Å². The number of carbonyl (C=O) groups is 2. The summed E-state index contributed by atoms with van der Waals surface area (Å²) >= 11 is 0. The van der Waals surface area contributed by atoms with E-state index >= 15 is 0 Å². The predicted molar refractivity (Wildman–Crippen MR) is 113 cm³/mol. The van der Waals surface area contributed by atoms with Crippen LogP contribution in [0.2, 0.25) is 0 Å². The van der Waals surface area contributed by atoms with Crippen LogP contribution in [-0.2, 0) is 15.0 Å². The van der Waals surface area contributed by atoms with E-state index in [1.807, 2.05) is 30.0 Å². The summed E-state index contributed by atoms with van der Waals surface area (Å²) in [5.74, 6) is 0.178. The van der Waals surface area contributed by atoms with E-state index in [2.05, 4.69) is 10.3 Å². The standard InChI is InChI=1S/C24H28FN3O2/c1-17-7-12-26-21(15-17)27-22(29)18-8-13-28(14-9-18)23(30)24(10-2-3-11-24)19-5-4-6-20(25)16-19/h4-7,12,15-16,18H,2-3,8-11,13-14H2,1H3,(H,26,27,29). The normalized spacial score (nSPS) is 18.9. The Morgan fingerprint density at radius 3 is 2.53 bits per heavy atom. The number of nitrogens with zero attached hydrogens (tertiary/aromatic N) is 2. The first kappa shape index (κ1) is 20.5. The summed E-state index contributed by atoms with van der Waals surface area (Å²) in [4.78, 5) is 32.2. The molecule has 1 aromatic carbocycles. The maximum atomic E-state index is 13.9. The molecule has 0 atom stereocenters. The van der Waals surface area contributed by atoms with E-state index in [-0.39, 0.29) is 23.5 Å². The quantitative estimate of drug-likeness (QED) is 0.823. The number of benzene rings is 1. The van der Waals surface area contributed by atoms with Gasteiger partial charge in [0.1, 0.15) is 11.6 Å². The van der Waals surface area contributed by atoms with E-state index in [0.29, 0.717) is 31.7 Å². The van der Waals surface area contributed by atoms with Crippen molar-refractivity contribution in [3.05, 3.63) is 59.5 Å². The summed E-state index contributed by atoms with van der Waals surface area (Å²) in [5, 5.41) is 2.90. The summed E-state index contributed by atoms with van der Waals surface area (Å²) in [7, 11) is 0. The van der Waals surface area contributed by atoms with Gasteiger partial charge in [-0.2, -0.15) is 0 Å². The smallest absolute Gasteiger partial charge is 0.233 e. The summed E-state index contributed by atoms with van der Waals surface area (Å²) in [6.07, 6.45) is 6.41. The Hall–Kier alpha value is -2.76. The van der Waals surface area contributed by atoms with E-state index in [1.54, 1.807) is 12.3 Å². The van der Waals surface area contributed by atoms with Crippen molar-refractivity contribution < 1.29 is 14.0 Å². The molecule has 2 heterocycles. The third-order valence-corrected chi connectivity index (χ3v) is 6.56. The fraction of sp³-hybridized carbons (Fsp3) is 0.458. The highest BCUT2D eigenvalue weighted by atomic mass is 19.1. The first-order chi connectivity index (χ1) is 14.5. The van der Waals surface area contributed by atoms with Crippen molar-refractivity contribution in [2.75, 3.05) is 18.4 Å². The number of pyridine rings is 1. The number of aryl methyl sites for hydroxylation is 1. The minimum Gasteiger partial charge on any atom is -0.342 e. The van der Waals surface area contributed by atoms with Crippen LogP contribution in [0.5, 0.6) is 0 Å². The van der Waals surface area contributed by atoms with E-state index in [0.717, 1.165) is 36.8 Å². The Balaban J connectivity index is 1.41. The highest BCUT2D eigenvalue weighted by Gasteiger charge is 2.45. The fourth-order valence-electron chi connectivity index (χ4n) is 4.87. The fourth-order valence-corrected chi connectivity index (χ4v) is 4.87. The lowest BCUT2D eigenvalue weighted by Crippen LogP contribution is -2.49. The minimum atomic E-state index is -0.622. The van der Waals surface area contributed by atoms with Crippen molar-refractivity contribution in [1.29, 1.82) is 0 Å². The zero-order valence-electron chi connectivity index (χ0n) is 17.4. The molecule has 30 heavy (non-hydrogen) atoms. The van der Waals surface area contributed by atoms with Gasteiger partial charge in [0.2, 0.25) is 11.8 Å². The van der Waals surface area contributed by atoms with Crippen LogP contribution in [0.3, 0.4) is 0 Å². The molecule has 4 rings (SSSR count). The van der Waals surface area contributed by atoms with Crippen LogP contribution in [-0.4, -0.2) is 34.8 Å². The van der Waals surface area contributed by atoms with Crippen molar-refractivity contribution in [1.82, 2.24) is 9.88 Å². The van der Waals surface area contributed by atoms with Gasteiger partial charge in [0.15, 0.2) is 0 Å². The molecule has 6 heteroatoms. The number of aromatic nitrogens is 1. The van der Waals surface area contributed by atoms with Crippen molar-refractivity contribution in [3.8, 4) is 0 Å². The highest BCUT2D eigenvalue weighted by molar-refractivity contribution is 5.92. The van der Waals surface area contributed by atoms with Gasteiger partial charge in [-0.15, -0.1) is 0 Å². The number of amides is 2. The Bertz CT molecular complexity index is 932. The number of halogens is 1. The molecule has 158 valence electrons. The zero-order valence-corrected chi connectivity index (χ0v) is 17.4. The molecule has 2 amide bonds. The molecule has 0 spiro atoms. The molecule has 1 aliphatic heterocycles. The van der Waals surface area contributed by atoms with Gasteiger partial charge in [0.05, 0.1) is 5.41 Å². The SMILES string of the molecule is Cc1ccnc(NC(=O)C2CCN(C(=O)C3(c4cccc(F)c4)CCCC3)CC2)c1. The van der Waals surface area contributed by atoms with Gasteiger partial charge >= 0.3 is 0 Å². The number of piperidine rings is 1. The first-order valence-corrected chi connectivity index (χ1v) is 10.8. The average molecular weight is 410 g/mol. The molecule has 1 N–H and O–H groups in total. The number of rotatable bonds is 4. The number of anilines is 1. The van der Waals surface area contributed by atoms with Crippen molar-refractivity contribution in [2.45, 2.75) is 50.9 Å². The zero-order chi connectivity index (χ0) is 21.1. The van der Waals surface area contributed by atoms with Crippen molar-refractivity contribution in [3.63, 3.8) is 0 Å². The minimum absolute atomic E-state index is 0.0408. The van der Waals surface area contributed by atoms with Gasteiger partial charge in [-0.05, 0) is 68.0 Å². The molecule has 1 saturated heterocycles. The molecular weight excluding hydrogens is 381 g/mol. The lowest BCUT2D eigenvalue weighted by molar-refractivity contribution is -0.140. The molecule has 1 aliphatic carbocycles. The number of hydrogen-bond acceptors (Lipinski definition) is 3. The van der Waals surface area contributed by atoms with E-state index in [9.17, 15) is 14.0 Å². The number of nitrogens with one attached hydrogen (secondary N) is 1. The van der Waals surface area contributed by atoms with Crippen LogP contribution in [0.4, 0.5) is 10.2 Å². The topological polar surface area (TPSA) is 62.3 Å². The van der Waals surface area contributed by atoms with Crippen molar-refractivity contribution >= 4 is 17.6 Å². The van der Waals surface area contributed by atoms with Gasteiger partial charge in [0.25, 0.3) is 0 Å². The number of likely N-dealkylation sites (tertiary alicyclic amines) is 1. The maximum absolute atomic E-state index is 13.9. The van der Waals surface area contributed by atoms with Crippen LogP contribution in [0.1, 0.15) is 49.7 Å². The molecule has 1 saturated carbocycles. The molecule has 2 fully saturated rings. The van der Waals surface area contributed by atoms with E-state index in [4.69, 9.17) is 0 Å². The molecule has 0 radical (unpaired) electrons. The highest BCUT2D eigenvalue weighted by Crippen LogP contribution is 2.43. The van der Waals surface area contributed by atoms with Crippen LogP contribution in [0.25, 0.3) is 0 Å².